The predicted octanol–water partition coefficient (Wildman–Crippen LogP) is 2.76. The molecule has 0 rings (SSSR count). The van der Waals surface area contributed by atoms with Gasteiger partial charge in [-0.25, -0.2) is 9.29 Å². The summed E-state index contributed by atoms with van der Waals surface area (Å²) in [6.45, 7) is 8.86. The van der Waals surface area contributed by atoms with Crippen molar-refractivity contribution in [1.82, 2.24) is 9.73 Å². The van der Waals surface area contributed by atoms with Crippen molar-refractivity contribution in [1.29, 1.82) is 5.26 Å². The molecule has 0 aliphatic rings. The van der Waals surface area contributed by atoms with Crippen LogP contribution in [0.4, 0.5) is 0 Å². The van der Waals surface area contributed by atoms with Gasteiger partial charge in [0.2, 0.25) is 0 Å². The largest absolute Gasteiger partial charge is 0.320 e. The number of nitrogens with zero attached hydrogens (tertiary/aromatic N) is 3. The molecule has 0 radical (unpaired) electrons. The molecule has 0 amide bonds. The van der Waals surface area contributed by atoms with Gasteiger partial charge < -0.3 is 4.52 Å². The first-order valence-corrected chi connectivity index (χ1v) is 6.96. The summed E-state index contributed by atoms with van der Waals surface area (Å²) < 4.78 is 13.5. The Balaban J connectivity index is 4.56. The summed E-state index contributed by atoms with van der Waals surface area (Å²) in [6, 6.07) is 2.74. The first-order chi connectivity index (χ1) is 7.90. The molecule has 1 unspecified atom stereocenters. The standard InChI is InChI=1S/C11H24N3O2P/c1-10(2)14(11(3)4)17(16-13(5)6)15-9-7-8-12/h10-11H,7,9H2,1-6H3. The summed E-state index contributed by atoms with van der Waals surface area (Å²) in [5.41, 5.74) is 0. The van der Waals surface area contributed by atoms with Crippen molar-refractivity contribution in [2.45, 2.75) is 46.2 Å². The summed E-state index contributed by atoms with van der Waals surface area (Å²) in [5, 5.41) is 10.2. The third-order valence-electron chi connectivity index (χ3n) is 1.90. The van der Waals surface area contributed by atoms with E-state index in [9.17, 15) is 0 Å². The van der Waals surface area contributed by atoms with Gasteiger partial charge in [0.25, 0.3) is 8.53 Å². The van der Waals surface area contributed by atoms with Crippen molar-refractivity contribution in [3.8, 4) is 6.07 Å². The minimum absolute atomic E-state index is 0.336. The number of nitriles is 1. The van der Waals surface area contributed by atoms with Gasteiger partial charge in [0, 0.05) is 26.2 Å². The molecule has 0 heterocycles. The molecule has 0 saturated heterocycles. The zero-order valence-corrected chi connectivity index (χ0v) is 12.6. The highest BCUT2D eigenvalue weighted by molar-refractivity contribution is 7.44. The second-order valence-electron chi connectivity index (χ2n) is 4.44. The molecule has 0 N–H and O–H groups in total. The molecule has 0 aromatic rings. The Morgan fingerprint density at radius 1 is 1.18 bits per heavy atom. The van der Waals surface area contributed by atoms with E-state index < -0.39 is 8.53 Å². The van der Waals surface area contributed by atoms with E-state index in [1.165, 1.54) is 0 Å². The van der Waals surface area contributed by atoms with Crippen LogP contribution in [0.1, 0.15) is 34.1 Å². The van der Waals surface area contributed by atoms with Crippen LogP contribution in [0.3, 0.4) is 0 Å². The molecule has 0 spiro atoms. The molecule has 17 heavy (non-hydrogen) atoms. The maximum Gasteiger partial charge on any atom is 0.277 e. The lowest BCUT2D eigenvalue weighted by Gasteiger charge is -2.36. The van der Waals surface area contributed by atoms with E-state index in [0.29, 0.717) is 25.1 Å². The quantitative estimate of drug-likeness (QED) is 0.382. The summed E-state index contributed by atoms with van der Waals surface area (Å²) in [4.78, 5) is 0. The zero-order valence-electron chi connectivity index (χ0n) is 11.7. The average Bonchev–Trinajstić information content (AvgIpc) is 2.15. The molecular weight excluding hydrogens is 237 g/mol. The van der Waals surface area contributed by atoms with Crippen molar-refractivity contribution >= 4 is 8.53 Å². The smallest absolute Gasteiger partial charge is 0.277 e. The number of hydrogen-bond donors (Lipinski definition) is 0. The minimum Gasteiger partial charge on any atom is -0.320 e. The van der Waals surface area contributed by atoms with Gasteiger partial charge in [0.1, 0.15) is 0 Å². The van der Waals surface area contributed by atoms with Gasteiger partial charge >= 0.3 is 0 Å². The first-order valence-electron chi connectivity index (χ1n) is 5.83. The molecule has 0 bridgehead atoms. The van der Waals surface area contributed by atoms with Crippen LogP contribution in [0.5, 0.6) is 0 Å². The van der Waals surface area contributed by atoms with Crippen LogP contribution in [0, 0.1) is 11.3 Å². The molecular formula is C11H24N3O2P. The Labute approximate surface area is 106 Å². The lowest BCUT2D eigenvalue weighted by molar-refractivity contribution is -0.0225. The van der Waals surface area contributed by atoms with E-state index in [1.807, 2.05) is 14.1 Å². The van der Waals surface area contributed by atoms with Gasteiger partial charge in [-0.1, -0.05) is 0 Å². The Morgan fingerprint density at radius 3 is 2.06 bits per heavy atom. The van der Waals surface area contributed by atoms with Gasteiger partial charge in [-0.05, 0) is 27.7 Å². The Hall–Kier alpha value is -0.240. The number of rotatable bonds is 8. The molecule has 0 aliphatic heterocycles. The van der Waals surface area contributed by atoms with Crippen LogP contribution in [0.25, 0.3) is 0 Å². The molecule has 1 atom stereocenters. The Bertz CT molecular complexity index is 233. The van der Waals surface area contributed by atoms with E-state index in [4.69, 9.17) is 14.4 Å². The third-order valence-corrected chi connectivity index (χ3v) is 4.07. The lowest BCUT2D eigenvalue weighted by atomic mass is 10.3. The summed E-state index contributed by atoms with van der Waals surface area (Å²) in [7, 11) is 2.52. The molecule has 0 aromatic heterocycles. The van der Waals surface area contributed by atoms with Gasteiger partial charge in [-0.2, -0.15) is 10.3 Å². The Kier molecular flexibility index (Phi) is 8.67. The molecule has 0 aliphatic carbocycles. The average molecular weight is 261 g/mol. The maximum absolute atomic E-state index is 8.53. The highest BCUT2D eigenvalue weighted by Gasteiger charge is 2.27. The van der Waals surface area contributed by atoms with Crippen LogP contribution in [0.15, 0.2) is 0 Å². The van der Waals surface area contributed by atoms with Crippen LogP contribution in [-0.2, 0) is 9.15 Å². The number of hydrogen-bond acceptors (Lipinski definition) is 5. The fourth-order valence-corrected chi connectivity index (χ4v) is 2.96. The molecule has 0 saturated carbocycles. The van der Waals surface area contributed by atoms with Crippen LogP contribution >= 0.6 is 8.53 Å². The first kappa shape index (κ1) is 16.8. The van der Waals surface area contributed by atoms with Crippen LogP contribution < -0.4 is 0 Å². The van der Waals surface area contributed by atoms with Gasteiger partial charge in [-0.3, -0.25) is 0 Å². The van der Waals surface area contributed by atoms with Crippen molar-refractivity contribution in [2.75, 3.05) is 20.7 Å². The molecule has 0 fully saturated rings. The van der Waals surface area contributed by atoms with Gasteiger partial charge in [0.05, 0.1) is 19.1 Å². The maximum atomic E-state index is 8.53. The normalized spacial score (nSPS) is 13.7. The highest BCUT2D eigenvalue weighted by atomic mass is 31.2. The topological polar surface area (TPSA) is 48.7 Å². The fourth-order valence-electron chi connectivity index (χ4n) is 1.41. The van der Waals surface area contributed by atoms with Crippen molar-refractivity contribution in [3.63, 3.8) is 0 Å². The van der Waals surface area contributed by atoms with Crippen molar-refractivity contribution in [2.24, 2.45) is 0 Å². The highest BCUT2D eigenvalue weighted by Crippen LogP contribution is 2.46. The predicted molar refractivity (Wildman–Crippen MR) is 70.0 cm³/mol. The van der Waals surface area contributed by atoms with E-state index in [1.54, 1.807) is 5.06 Å². The zero-order chi connectivity index (χ0) is 13.4. The van der Waals surface area contributed by atoms with E-state index in [2.05, 4.69) is 38.4 Å². The molecule has 100 valence electrons. The van der Waals surface area contributed by atoms with Gasteiger partial charge in [-0.15, -0.1) is 0 Å². The minimum atomic E-state index is -1.15. The molecule has 5 nitrogen and oxygen atoms in total. The van der Waals surface area contributed by atoms with Gasteiger partial charge in [0.15, 0.2) is 0 Å². The molecule has 6 heteroatoms. The van der Waals surface area contributed by atoms with E-state index in [-0.39, 0.29) is 0 Å². The lowest BCUT2D eigenvalue weighted by Crippen LogP contribution is -2.34. The molecule has 0 aromatic carbocycles. The summed E-state index contributed by atoms with van der Waals surface area (Å²) >= 11 is 0. The number of hydroxylamine groups is 2. The van der Waals surface area contributed by atoms with Crippen LogP contribution in [-0.4, -0.2) is 42.5 Å². The second-order valence-corrected chi connectivity index (χ2v) is 5.80. The Morgan fingerprint density at radius 2 is 1.71 bits per heavy atom. The van der Waals surface area contributed by atoms with E-state index in [0.717, 1.165) is 0 Å². The van der Waals surface area contributed by atoms with Crippen molar-refractivity contribution < 1.29 is 9.15 Å². The fraction of sp³-hybridized carbons (Fsp3) is 0.909. The summed E-state index contributed by atoms with van der Waals surface area (Å²) in [5.74, 6) is 0. The van der Waals surface area contributed by atoms with E-state index >= 15 is 0 Å². The third kappa shape index (κ3) is 6.92. The summed E-state index contributed by atoms with van der Waals surface area (Å²) in [6.07, 6.45) is 0.389. The monoisotopic (exact) mass is 261 g/mol. The van der Waals surface area contributed by atoms with Crippen LogP contribution in [0.2, 0.25) is 0 Å². The van der Waals surface area contributed by atoms with Crippen molar-refractivity contribution in [3.05, 3.63) is 0 Å². The second kappa shape index (κ2) is 8.79. The SMILES string of the molecule is CC(C)N(C(C)C)P(OCCC#N)ON(C)C.